The van der Waals surface area contributed by atoms with Crippen LogP contribution in [0, 0.1) is 0 Å². The van der Waals surface area contributed by atoms with Gasteiger partial charge in [0.2, 0.25) is 5.88 Å². The number of hydrogen-bond acceptors (Lipinski definition) is 6. The maximum atomic E-state index is 12.4. The molecule has 30 heavy (non-hydrogen) atoms. The van der Waals surface area contributed by atoms with Gasteiger partial charge in [-0.3, -0.25) is 19.1 Å². The van der Waals surface area contributed by atoms with Crippen molar-refractivity contribution in [3.05, 3.63) is 92.1 Å². The number of carbonyl (C=O) groups is 1. The predicted octanol–water partition coefficient (Wildman–Crippen LogP) is 1.54. The maximum absolute atomic E-state index is 12.4. The number of rotatable bonds is 6. The first-order valence-electron chi connectivity index (χ1n) is 9.17. The van der Waals surface area contributed by atoms with E-state index in [1.165, 1.54) is 12.1 Å². The summed E-state index contributed by atoms with van der Waals surface area (Å²) in [5.41, 5.74) is 1.28. The van der Waals surface area contributed by atoms with Gasteiger partial charge < -0.3 is 10.2 Å². The van der Waals surface area contributed by atoms with Crippen LogP contribution in [0.15, 0.2) is 69.3 Å². The molecule has 0 fully saturated rings. The highest BCUT2D eigenvalue weighted by molar-refractivity contribution is 6.03. The van der Waals surface area contributed by atoms with Crippen LogP contribution in [0.2, 0.25) is 0 Å². The fraction of sp³-hybridized carbons (Fsp3) is 0.143. The number of phenolic OH excluding ortho intramolecular Hbond substituents is 1. The first kappa shape index (κ1) is 20.6. The molecule has 0 aliphatic heterocycles. The van der Waals surface area contributed by atoms with Crippen molar-refractivity contribution in [2.45, 2.75) is 19.9 Å². The van der Waals surface area contributed by atoms with Crippen molar-refractivity contribution in [3.63, 3.8) is 0 Å². The second-order valence-electron chi connectivity index (χ2n) is 6.40. The van der Waals surface area contributed by atoms with Crippen molar-refractivity contribution in [3.8, 4) is 11.6 Å². The van der Waals surface area contributed by atoms with E-state index in [9.17, 15) is 24.6 Å². The average molecular weight is 408 g/mol. The molecule has 0 atom stereocenters. The normalized spacial score (nSPS) is 11.3. The van der Waals surface area contributed by atoms with Gasteiger partial charge in [-0.2, -0.15) is 5.10 Å². The lowest BCUT2D eigenvalue weighted by atomic mass is 10.1. The smallest absolute Gasteiger partial charge is 0.331 e. The van der Waals surface area contributed by atoms with Crippen LogP contribution in [0.25, 0.3) is 0 Å². The summed E-state index contributed by atoms with van der Waals surface area (Å²) in [4.78, 5) is 39.0. The minimum absolute atomic E-state index is 0.00359. The predicted molar refractivity (Wildman–Crippen MR) is 111 cm³/mol. The number of aromatic amines is 1. The third kappa shape index (κ3) is 4.30. The summed E-state index contributed by atoms with van der Waals surface area (Å²) in [7, 11) is 0. The summed E-state index contributed by atoms with van der Waals surface area (Å²) >= 11 is 0. The second-order valence-corrected chi connectivity index (χ2v) is 6.40. The number of benzene rings is 2. The van der Waals surface area contributed by atoms with Gasteiger partial charge in [0.05, 0.1) is 17.8 Å². The average Bonchev–Trinajstić information content (AvgIpc) is 2.74. The number of aromatic hydroxyl groups is 2. The fourth-order valence-electron chi connectivity index (χ4n) is 2.89. The minimum Gasteiger partial charge on any atom is -0.507 e. The summed E-state index contributed by atoms with van der Waals surface area (Å²) in [6.45, 7) is 1.72. The highest BCUT2D eigenvalue weighted by Gasteiger charge is 2.19. The van der Waals surface area contributed by atoms with E-state index in [1.807, 2.05) is 6.07 Å². The monoisotopic (exact) mass is 408 g/mol. The Morgan fingerprint density at radius 2 is 1.73 bits per heavy atom. The molecule has 0 saturated heterocycles. The number of nitrogens with zero attached hydrogens (tertiary/aromatic N) is 2. The summed E-state index contributed by atoms with van der Waals surface area (Å²) < 4.78 is 1.02. The lowest BCUT2D eigenvalue weighted by Gasteiger charge is -2.12. The van der Waals surface area contributed by atoms with Crippen molar-refractivity contribution < 1.29 is 15.0 Å². The molecule has 4 N–H and O–H groups in total. The molecule has 0 aliphatic carbocycles. The Labute approximate surface area is 171 Å². The van der Waals surface area contributed by atoms with E-state index < -0.39 is 23.0 Å². The molecular weight excluding hydrogens is 388 g/mol. The van der Waals surface area contributed by atoms with Crippen LogP contribution in [0.4, 0.5) is 0 Å². The molecule has 0 unspecified atom stereocenters. The van der Waals surface area contributed by atoms with E-state index in [4.69, 9.17) is 0 Å². The first-order chi connectivity index (χ1) is 14.4. The van der Waals surface area contributed by atoms with Crippen LogP contribution >= 0.6 is 0 Å². The second kappa shape index (κ2) is 8.91. The minimum atomic E-state index is -0.820. The number of amides is 1. The molecule has 0 aliphatic rings. The number of aromatic nitrogens is 2. The van der Waals surface area contributed by atoms with Gasteiger partial charge in [-0.1, -0.05) is 49.4 Å². The molecule has 9 heteroatoms. The lowest BCUT2D eigenvalue weighted by Crippen LogP contribution is -2.34. The van der Waals surface area contributed by atoms with E-state index in [0.717, 1.165) is 10.1 Å². The molecule has 0 bridgehead atoms. The summed E-state index contributed by atoms with van der Waals surface area (Å²) in [5, 5.41) is 24.4. The number of para-hydroxylation sites is 1. The largest absolute Gasteiger partial charge is 0.507 e. The zero-order chi connectivity index (χ0) is 21.7. The van der Waals surface area contributed by atoms with Crippen molar-refractivity contribution in [2.24, 2.45) is 5.10 Å². The van der Waals surface area contributed by atoms with Gasteiger partial charge in [-0.05, 0) is 24.1 Å². The summed E-state index contributed by atoms with van der Waals surface area (Å²) in [5.74, 6) is -1.46. The standard InChI is InChI=1S/C21H20N4O5/c1-2-15(23-24-18(27)14-10-6-7-11-16(14)26)17-19(28)22-21(30)25(20(17)29)12-13-8-4-3-5-9-13/h3-11,26,29H,2,12H2,1H3,(H,24,27)(H,22,28,30). The van der Waals surface area contributed by atoms with Crippen LogP contribution < -0.4 is 16.7 Å². The molecule has 0 spiro atoms. The molecule has 1 aromatic heterocycles. The van der Waals surface area contributed by atoms with Gasteiger partial charge >= 0.3 is 5.69 Å². The summed E-state index contributed by atoms with van der Waals surface area (Å²) in [6.07, 6.45) is 0.182. The molecule has 1 heterocycles. The van der Waals surface area contributed by atoms with E-state index in [0.29, 0.717) is 0 Å². The van der Waals surface area contributed by atoms with Crippen LogP contribution in [-0.2, 0) is 6.54 Å². The number of carbonyl (C=O) groups excluding carboxylic acids is 1. The first-order valence-corrected chi connectivity index (χ1v) is 9.17. The van der Waals surface area contributed by atoms with Crippen LogP contribution in [0.1, 0.15) is 34.8 Å². The van der Waals surface area contributed by atoms with Crippen molar-refractivity contribution in [2.75, 3.05) is 0 Å². The van der Waals surface area contributed by atoms with Gasteiger partial charge in [-0.25, -0.2) is 10.2 Å². The third-order valence-corrected chi connectivity index (χ3v) is 4.42. The Kier molecular flexibility index (Phi) is 6.11. The topological polar surface area (TPSA) is 137 Å². The van der Waals surface area contributed by atoms with Crippen LogP contribution in [-0.4, -0.2) is 31.4 Å². The zero-order valence-corrected chi connectivity index (χ0v) is 16.1. The highest BCUT2D eigenvalue weighted by Crippen LogP contribution is 2.17. The number of hydrogen-bond donors (Lipinski definition) is 4. The Morgan fingerprint density at radius 1 is 1.07 bits per heavy atom. The van der Waals surface area contributed by atoms with E-state index in [-0.39, 0.29) is 35.6 Å². The third-order valence-electron chi connectivity index (χ3n) is 4.42. The SMILES string of the molecule is CCC(=NNC(=O)c1ccccc1O)c1c(O)n(Cc2ccccc2)c(=O)[nH]c1=O. The molecule has 0 radical (unpaired) electrons. The van der Waals surface area contributed by atoms with E-state index in [1.54, 1.807) is 43.3 Å². The van der Waals surface area contributed by atoms with Crippen molar-refractivity contribution >= 4 is 11.6 Å². The molecule has 3 aromatic rings. The molecular formula is C21H20N4O5. The number of hydrazone groups is 1. The number of nitrogens with one attached hydrogen (secondary N) is 2. The maximum Gasteiger partial charge on any atom is 0.331 e. The highest BCUT2D eigenvalue weighted by atomic mass is 16.3. The van der Waals surface area contributed by atoms with Crippen LogP contribution in [0.5, 0.6) is 11.6 Å². The van der Waals surface area contributed by atoms with Crippen molar-refractivity contribution in [1.82, 2.24) is 15.0 Å². The van der Waals surface area contributed by atoms with E-state index in [2.05, 4.69) is 15.5 Å². The summed E-state index contributed by atoms with van der Waals surface area (Å²) in [6, 6.07) is 14.9. The van der Waals surface area contributed by atoms with E-state index >= 15 is 0 Å². The van der Waals surface area contributed by atoms with Crippen LogP contribution in [0.3, 0.4) is 0 Å². The molecule has 0 saturated carbocycles. The molecule has 9 nitrogen and oxygen atoms in total. The number of H-pyrrole nitrogens is 1. The Balaban J connectivity index is 1.98. The quantitative estimate of drug-likeness (QED) is 0.362. The van der Waals surface area contributed by atoms with Gasteiger partial charge in [0.15, 0.2) is 0 Å². The van der Waals surface area contributed by atoms with Gasteiger partial charge in [0, 0.05) is 0 Å². The van der Waals surface area contributed by atoms with Gasteiger partial charge in [0.25, 0.3) is 11.5 Å². The zero-order valence-electron chi connectivity index (χ0n) is 16.1. The Morgan fingerprint density at radius 3 is 2.40 bits per heavy atom. The molecule has 1 amide bonds. The molecule has 154 valence electrons. The Hall–Kier alpha value is -4.14. The fourth-order valence-corrected chi connectivity index (χ4v) is 2.89. The molecule has 2 aromatic carbocycles. The van der Waals surface area contributed by atoms with Crippen molar-refractivity contribution in [1.29, 1.82) is 0 Å². The van der Waals surface area contributed by atoms with Gasteiger partial charge in [-0.15, -0.1) is 0 Å². The number of phenols is 1. The molecule has 3 rings (SSSR count). The lowest BCUT2D eigenvalue weighted by molar-refractivity contribution is 0.0952. The Bertz CT molecular complexity index is 1210. The van der Waals surface area contributed by atoms with Gasteiger partial charge in [0.1, 0.15) is 11.3 Å².